The van der Waals surface area contributed by atoms with Crippen LogP contribution in [0.25, 0.3) is 5.69 Å². The molecule has 0 unspecified atom stereocenters. The van der Waals surface area contributed by atoms with Gasteiger partial charge in [0.05, 0.1) is 22.0 Å². The molecule has 1 aromatic carbocycles. The van der Waals surface area contributed by atoms with Crippen LogP contribution in [0.3, 0.4) is 0 Å². The van der Waals surface area contributed by atoms with Gasteiger partial charge in [0, 0.05) is 17.8 Å². The Morgan fingerprint density at radius 3 is 2.44 bits per heavy atom. The summed E-state index contributed by atoms with van der Waals surface area (Å²) in [5.41, 5.74) is 9.83. The van der Waals surface area contributed by atoms with Gasteiger partial charge in [0.15, 0.2) is 0 Å². The minimum absolute atomic E-state index is 0.0190. The van der Waals surface area contributed by atoms with Crippen LogP contribution in [-0.2, 0) is 0 Å². The Hall–Kier alpha value is -2.37. The van der Waals surface area contributed by atoms with Gasteiger partial charge in [-0.05, 0) is 32.4 Å². The van der Waals surface area contributed by atoms with Crippen molar-refractivity contribution in [3.05, 3.63) is 45.3 Å². The Kier molecular flexibility index (Phi) is 2.78. The van der Waals surface area contributed by atoms with E-state index in [4.69, 9.17) is 5.73 Å². The summed E-state index contributed by atoms with van der Waals surface area (Å²) in [6, 6.07) is 4.39. The Labute approximate surface area is 104 Å². The topological polar surface area (TPSA) is 87.0 Å². The summed E-state index contributed by atoms with van der Waals surface area (Å²) in [6.07, 6.45) is 0. The zero-order chi connectivity index (χ0) is 13.4. The number of rotatable bonds is 2. The van der Waals surface area contributed by atoms with Gasteiger partial charge >= 0.3 is 0 Å². The van der Waals surface area contributed by atoms with Crippen LogP contribution in [0.15, 0.2) is 18.2 Å². The molecule has 0 aliphatic heterocycles. The van der Waals surface area contributed by atoms with Crippen LogP contribution in [0, 0.1) is 30.9 Å². The quantitative estimate of drug-likeness (QED) is 0.500. The number of nitro benzene ring substituents is 1. The van der Waals surface area contributed by atoms with Gasteiger partial charge in [-0.1, -0.05) is 0 Å². The number of hydrogen-bond acceptors (Lipinski definition) is 4. The maximum absolute atomic E-state index is 10.7. The summed E-state index contributed by atoms with van der Waals surface area (Å²) in [5.74, 6) is 0. The third kappa shape index (κ3) is 1.81. The fraction of sp³-hybridized carbons (Fsp3) is 0.250. The largest absolute Gasteiger partial charge is 0.397 e. The molecule has 0 fully saturated rings. The van der Waals surface area contributed by atoms with Crippen molar-refractivity contribution in [1.82, 2.24) is 9.78 Å². The minimum atomic E-state index is -0.466. The van der Waals surface area contributed by atoms with E-state index in [1.165, 1.54) is 12.1 Å². The van der Waals surface area contributed by atoms with E-state index >= 15 is 0 Å². The normalized spacial score (nSPS) is 10.6. The number of nitro groups is 1. The van der Waals surface area contributed by atoms with Crippen molar-refractivity contribution in [2.45, 2.75) is 20.8 Å². The molecule has 0 spiro atoms. The zero-order valence-electron chi connectivity index (χ0n) is 10.5. The van der Waals surface area contributed by atoms with Gasteiger partial charge in [0.25, 0.3) is 5.69 Å². The molecule has 1 heterocycles. The zero-order valence-corrected chi connectivity index (χ0v) is 10.5. The molecule has 1 aromatic heterocycles. The number of nitrogen functional groups attached to an aromatic ring is 1. The van der Waals surface area contributed by atoms with Gasteiger partial charge in [0.2, 0.25) is 0 Å². The first kappa shape index (κ1) is 12.1. The molecule has 18 heavy (non-hydrogen) atoms. The van der Waals surface area contributed by atoms with Crippen LogP contribution < -0.4 is 5.73 Å². The van der Waals surface area contributed by atoms with Crippen molar-refractivity contribution in [1.29, 1.82) is 0 Å². The molecule has 0 aliphatic rings. The number of aryl methyl sites for hydroxylation is 1. The van der Waals surface area contributed by atoms with Gasteiger partial charge in [-0.2, -0.15) is 5.10 Å². The average molecular weight is 246 g/mol. The van der Waals surface area contributed by atoms with Crippen LogP contribution in [0.4, 0.5) is 11.4 Å². The molecule has 0 radical (unpaired) electrons. The SMILES string of the molecule is Cc1nn(-c2ccc([N+](=O)[O-])cc2N)c(C)c1C. The van der Waals surface area contributed by atoms with Crippen molar-refractivity contribution in [2.24, 2.45) is 0 Å². The number of nitrogens with two attached hydrogens (primary N) is 1. The van der Waals surface area contributed by atoms with Crippen molar-refractivity contribution in [3.8, 4) is 5.69 Å². The van der Waals surface area contributed by atoms with Crippen LogP contribution in [0.1, 0.15) is 17.0 Å². The average Bonchev–Trinajstić information content (AvgIpc) is 2.57. The Balaban J connectivity index is 2.58. The second-order valence-electron chi connectivity index (χ2n) is 4.21. The number of aromatic nitrogens is 2. The molecule has 0 saturated carbocycles. The lowest BCUT2D eigenvalue weighted by Gasteiger charge is -2.07. The molecule has 6 nitrogen and oxygen atoms in total. The molecule has 2 N–H and O–H groups in total. The Morgan fingerprint density at radius 1 is 1.33 bits per heavy atom. The first-order chi connectivity index (χ1) is 8.41. The van der Waals surface area contributed by atoms with E-state index in [-0.39, 0.29) is 5.69 Å². The van der Waals surface area contributed by atoms with Crippen LogP contribution in [-0.4, -0.2) is 14.7 Å². The summed E-state index contributed by atoms with van der Waals surface area (Å²) in [5, 5.41) is 15.0. The van der Waals surface area contributed by atoms with Crippen molar-refractivity contribution >= 4 is 11.4 Å². The lowest BCUT2D eigenvalue weighted by molar-refractivity contribution is -0.384. The number of anilines is 1. The number of non-ortho nitro benzene ring substituents is 1. The summed E-state index contributed by atoms with van der Waals surface area (Å²) in [4.78, 5) is 10.2. The lowest BCUT2D eigenvalue weighted by Crippen LogP contribution is -2.04. The first-order valence-corrected chi connectivity index (χ1v) is 5.49. The van der Waals surface area contributed by atoms with Crippen LogP contribution >= 0.6 is 0 Å². The van der Waals surface area contributed by atoms with E-state index in [1.54, 1.807) is 10.7 Å². The smallest absolute Gasteiger partial charge is 0.271 e. The highest BCUT2D eigenvalue weighted by Gasteiger charge is 2.14. The summed E-state index contributed by atoms with van der Waals surface area (Å²) in [6.45, 7) is 5.84. The predicted octanol–water partition coefficient (Wildman–Crippen LogP) is 2.29. The monoisotopic (exact) mass is 246 g/mol. The number of hydrogen-bond donors (Lipinski definition) is 1. The van der Waals surface area contributed by atoms with Crippen molar-refractivity contribution < 1.29 is 4.92 Å². The van der Waals surface area contributed by atoms with Gasteiger partial charge in [0.1, 0.15) is 0 Å². The molecule has 0 bridgehead atoms. The fourth-order valence-corrected chi connectivity index (χ4v) is 1.80. The highest BCUT2D eigenvalue weighted by atomic mass is 16.6. The molecule has 2 aromatic rings. The number of nitrogens with zero attached hydrogens (tertiary/aromatic N) is 3. The summed E-state index contributed by atoms with van der Waals surface area (Å²) < 4.78 is 1.71. The van der Waals surface area contributed by atoms with Gasteiger partial charge in [-0.15, -0.1) is 0 Å². The molecular formula is C12H14N4O2. The standard InChI is InChI=1S/C12H14N4O2/c1-7-8(2)14-15(9(7)3)12-5-4-10(16(17)18)6-11(12)13/h4-6H,13H2,1-3H3. The minimum Gasteiger partial charge on any atom is -0.397 e. The molecule has 0 amide bonds. The van der Waals surface area contributed by atoms with E-state index in [0.29, 0.717) is 11.4 Å². The van der Waals surface area contributed by atoms with Crippen LogP contribution in [0.5, 0.6) is 0 Å². The molecule has 0 atom stereocenters. The molecule has 2 rings (SSSR count). The highest BCUT2D eigenvalue weighted by molar-refractivity contribution is 5.62. The second-order valence-corrected chi connectivity index (χ2v) is 4.21. The van der Waals surface area contributed by atoms with Gasteiger partial charge in [-0.3, -0.25) is 10.1 Å². The van der Waals surface area contributed by atoms with E-state index in [2.05, 4.69) is 5.10 Å². The fourth-order valence-electron chi connectivity index (χ4n) is 1.80. The molecule has 0 aliphatic carbocycles. The maximum atomic E-state index is 10.7. The molecule has 94 valence electrons. The van der Waals surface area contributed by atoms with Crippen molar-refractivity contribution in [3.63, 3.8) is 0 Å². The molecule has 6 heteroatoms. The first-order valence-electron chi connectivity index (χ1n) is 5.49. The highest BCUT2D eigenvalue weighted by Crippen LogP contribution is 2.25. The predicted molar refractivity (Wildman–Crippen MR) is 68.8 cm³/mol. The Bertz CT molecular complexity index is 631. The maximum Gasteiger partial charge on any atom is 0.271 e. The second kappa shape index (κ2) is 4.14. The summed E-state index contributed by atoms with van der Waals surface area (Å²) >= 11 is 0. The molecule has 0 saturated heterocycles. The van der Waals surface area contributed by atoms with E-state index < -0.39 is 4.92 Å². The van der Waals surface area contributed by atoms with E-state index in [1.807, 2.05) is 20.8 Å². The lowest BCUT2D eigenvalue weighted by atomic mass is 10.2. The third-order valence-electron chi connectivity index (χ3n) is 3.10. The van der Waals surface area contributed by atoms with Gasteiger partial charge < -0.3 is 5.73 Å². The van der Waals surface area contributed by atoms with Crippen LogP contribution in [0.2, 0.25) is 0 Å². The van der Waals surface area contributed by atoms with Gasteiger partial charge in [-0.25, -0.2) is 4.68 Å². The van der Waals surface area contributed by atoms with E-state index in [9.17, 15) is 10.1 Å². The summed E-state index contributed by atoms with van der Waals surface area (Å²) in [7, 11) is 0. The van der Waals surface area contributed by atoms with Crippen molar-refractivity contribution in [2.75, 3.05) is 5.73 Å². The number of benzene rings is 1. The third-order valence-corrected chi connectivity index (χ3v) is 3.10. The Morgan fingerprint density at radius 2 is 2.00 bits per heavy atom. The van der Waals surface area contributed by atoms with E-state index in [0.717, 1.165) is 17.0 Å². The molecular weight excluding hydrogens is 232 g/mol.